The molecule has 2 N–H and O–H groups in total. The van der Waals surface area contributed by atoms with Crippen molar-refractivity contribution in [2.75, 3.05) is 0 Å². The van der Waals surface area contributed by atoms with Crippen molar-refractivity contribution in [3.63, 3.8) is 0 Å². The minimum absolute atomic E-state index is 0.415. The zero-order valence-corrected chi connectivity index (χ0v) is 9.58. The van der Waals surface area contributed by atoms with Crippen LogP contribution in [0.25, 0.3) is 0 Å². The van der Waals surface area contributed by atoms with Gasteiger partial charge in [0.05, 0.1) is 0 Å². The predicted octanol–water partition coefficient (Wildman–Crippen LogP) is 3.37. The maximum Gasteiger partial charge on any atom is 0.00446 e. The summed E-state index contributed by atoms with van der Waals surface area (Å²) in [6, 6.07) is 9.33. The van der Waals surface area contributed by atoms with Gasteiger partial charge in [-0.15, -0.1) is 0 Å². The first-order chi connectivity index (χ1) is 7.25. The molecule has 1 heteroatoms. The Bertz CT molecular complexity index is 319. The largest absolute Gasteiger partial charge is 0.328 e. The molecule has 0 aromatic heterocycles. The van der Waals surface area contributed by atoms with Crippen molar-refractivity contribution in [3.05, 3.63) is 35.4 Å². The summed E-state index contributed by atoms with van der Waals surface area (Å²) in [5, 5.41) is 0. The zero-order chi connectivity index (χ0) is 10.7. The van der Waals surface area contributed by atoms with E-state index < -0.39 is 0 Å². The molecule has 0 heterocycles. The highest BCUT2D eigenvalue weighted by molar-refractivity contribution is 5.25. The molecule has 0 radical (unpaired) electrons. The molecule has 0 aliphatic heterocycles. The third-order valence-corrected chi connectivity index (χ3v) is 3.48. The lowest BCUT2D eigenvalue weighted by molar-refractivity contribution is 0.535. The summed E-state index contributed by atoms with van der Waals surface area (Å²) in [7, 11) is 0. The van der Waals surface area contributed by atoms with E-state index in [9.17, 15) is 0 Å². The van der Waals surface area contributed by atoms with Gasteiger partial charge in [0.2, 0.25) is 0 Å². The highest BCUT2D eigenvalue weighted by atomic mass is 14.6. The van der Waals surface area contributed by atoms with E-state index in [1.54, 1.807) is 0 Å². The maximum atomic E-state index is 6.10. The minimum atomic E-state index is 0.415. The van der Waals surface area contributed by atoms with Gasteiger partial charge in [-0.25, -0.2) is 0 Å². The number of benzene rings is 1. The molecular weight excluding hydrogens is 182 g/mol. The van der Waals surface area contributed by atoms with Crippen LogP contribution < -0.4 is 5.73 Å². The molecule has 1 aromatic carbocycles. The van der Waals surface area contributed by atoms with Gasteiger partial charge in [0, 0.05) is 6.04 Å². The summed E-state index contributed by atoms with van der Waals surface area (Å²) >= 11 is 0. The van der Waals surface area contributed by atoms with Gasteiger partial charge in [0.1, 0.15) is 0 Å². The van der Waals surface area contributed by atoms with Gasteiger partial charge < -0.3 is 5.73 Å². The molecule has 1 aliphatic carbocycles. The zero-order valence-electron chi connectivity index (χ0n) is 9.58. The Morgan fingerprint density at radius 3 is 2.80 bits per heavy atom. The predicted molar refractivity (Wildman–Crippen MR) is 65.0 cm³/mol. The summed E-state index contributed by atoms with van der Waals surface area (Å²) in [5.74, 6) is 0.697. The molecule has 1 saturated carbocycles. The van der Waals surface area contributed by atoms with E-state index in [2.05, 4.69) is 31.2 Å². The Hall–Kier alpha value is -0.820. The van der Waals surface area contributed by atoms with Crippen LogP contribution >= 0.6 is 0 Å². The molecule has 2 unspecified atom stereocenters. The third kappa shape index (κ3) is 2.82. The highest BCUT2D eigenvalue weighted by Crippen LogP contribution is 2.31. The second-order valence-electron chi connectivity index (χ2n) is 4.89. The van der Waals surface area contributed by atoms with Crippen molar-refractivity contribution in [1.29, 1.82) is 0 Å². The van der Waals surface area contributed by atoms with Crippen LogP contribution in [0.1, 0.15) is 49.1 Å². The standard InChI is InChI=1S/C14H21N/c1-11-5-4-7-12(9-11)13-6-2-3-8-14(15)10-13/h4-5,7,9,13-14H,2-3,6,8,10,15H2,1H3. The van der Waals surface area contributed by atoms with Gasteiger partial charge in [-0.3, -0.25) is 0 Å². The van der Waals surface area contributed by atoms with Crippen LogP contribution in [-0.4, -0.2) is 6.04 Å². The van der Waals surface area contributed by atoms with Crippen molar-refractivity contribution >= 4 is 0 Å². The first-order valence-electron chi connectivity index (χ1n) is 6.08. The van der Waals surface area contributed by atoms with Gasteiger partial charge in [-0.1, -0.05) is 42.7 Å². The summed E-state index contributed by atoms with van der Waals surface area (Å²) < 4.78 is 0. The van der Waals surface area contributed by atoms with Crippen molar-refractivity contribution in [2.24, 2.45) is 5.73 Å². The molecule has 0 spiro atoms. The molecule has 1 aliphatic rings. The van der Waals surface area contributed by atoms with E-state index in [0.717, 1.165) is 0 Å². The lowest BCUT2D eigenvalue weighted by Gasteiger charge is -2.17. The summed E-state index contributed by atoms with van der Waals surface area (Å²) in [5.41, 5.74) is 8.96. The minimum Gasteiger partial charge on any atom is -0.328 e. The van der Waals surface area contributed by atoms with Gasteiger partial charge in [0.15, 0.2) is 0 Å². The van der Waals surface area contributed by atoms with Crippen LogP contribution in [0.2, 0.25) is 0 Å². The van der Waals surface area contributed by atoms with Crippen LogP contribution in [0, 0.1) is 6.92 Å². The second kappa shape index (κ2) is 4.80. The monoisotopic (exact) mass is 203 g/mol. The summed E-state index contributed by atoms with van der Waals surface area (Å²) in [6.45, 7) is 2.17. The van der Waals surface area contributed by atoms with E-state index in [4.69, 9.17) is 5.73 Å². The van der Waals surface area contributed by atoms with Crippen LogP contribution in [0.5, 0.6) is 0 Å². The van der Waals surface area contributed by atoms with Crippen LogP contribution in [0.4, 0.5) is 0 Å². The van der Waals surface area contributed by atoms with E-state index >= 15 is 0 Å². The van der Waals surface area contributed by atoms with Crippen molar-refractivity contribution < 1.29 is 0 Å². The van der Waals surface area contributed by atoms with E-state index in [1.807, 2.05) is 0 Å². The highest BCUT2D eigenvalue weighted by Gasteiger charge is 2.18. The van der Waals surface area contributed by atoms with E-state index in [-0.39, 0.29) is 0 Å². The third-order valence-electron chi connectivity index (χ3n) is 3.48. The lowest BCUT2D eigenvalue weighted by Crippen LogP contribution is -2.20. The first-order valence-corrected chi connectivity index (χ1v) is 6.08. The molecule has 1 fully saturated rings. The molecular formula is C14H21N. The SMILES string of the molecule is Cc1cccc(C2CCCCC(N)C2)c1. The average molecular weight is 203 g/mol. The molecule has 82 valence electrons. The van der Waals surface area contributed by atoms with Gasteiger partial charge >= 0.3 is 0 Å². The number of hydrogen-bond acceptors (Lipinski definition) is 1. The van der Waals surface area contributed by atoms with Crippen LogP contribution in [-0.2, 0) is 0 Å². The Labute approximate surface area is 92.7 Å². The smallest absolute Gasteiger partial charge is 0.00446 e. The van der Waals surface area contributed by atoms with E-state index in [0.29, 0.717) is 12.0 Å². The van der Waals surface area contributed by atoms with Crippen LogP contribution in [0.3, 0.4) is 0 Å². The van der Waals surface area contributed by atoms with E-state index in [1.165, 1.54) is 43.2 Å². The van der Waals surface area contributed by atoms with Crippen molar-refractivity contribution in [1.82, 2.24) is 0 Å². The van der Waals surface area contributed by atoms with Crippen molar-refractivity contribution in [3.8, 4) is 0 Å². The summed E-state index contributed by atoms with van der Waals surface area (Å²) in [6.07, 6.45) is 6.35. The molecule has 0 saturated heterocycles. The first kappa shape index (κ1) is 10.7. The van der Waals surface area contributed by atoms with Gasteiger partial charge in [0.25, 0.3) is 0 Å². The Morgan fingerprint density at radius 2 is 2.00 bits per heavy atom. The quantitative estimate of drug-likeness (QED) is 0.696. The number of nitrogens with two attached hydrogens (primary N) is 1. The van der Waals surface area contributed by atoms with Crippen molar-refractivity contribution in [2.45, 2.75) is 51.0 Å². The fraction of sp³-hybridized carbons (Fsp3) is 0.571. The maximum absolute atomic E-state index is 6.10. The van der Waals surface area contributed by atoms with Gasteiger partial charge in [-0.05, 0) is 37.7 Å². The summed E-state index contributed by atoms with van der Waals surface area (Å²) in [4.78, 5) is 0. The fourth-order valence-electron chi connectivity index (χ4n) is 2.63. The molecule has 1 nitrogen and oxygen atoms in total. The molecule has 0 bridgehead atoms. The Balaban J connectivity index is 2.14. The molecule has 2 atom stereocenters. The number of hydrogen-bond donors (Lipinski definition) is 1. The molecule has 2 rings (SSSR count). The number of aryl methyl sites for hydroxylation is 1. The Morgan fingerprint density at radius 1 is 1.20 bits per heavy atom. The lowest BCUT2D eigenvalue weighted by atomic mass is 9.90. The Kier molecular flexibility index (Phi) is 3.42. The fourth-order valence-corrected chi connectivity index (χ4v) is 2.63. The van der Waals surface area contributed by atoms with Gasteiger partial charge in [-0.2, -0.15) is 0 Å². The van der Waals surface area contributed by atoms with Crippen LogP contribution in [0.15, 0.2) is 24.3 Å². The average Bonchev–Trinajstić information content (AvgIpc) is 2.43. The second-order valence-corrected chi connectivity index (χ2v) is 4.89. The molecule has 0 amide bonds. The number of rotatable bonds is 1. The molecule has 1 aromatic rings. The normalized spacial score (nSPS) is 27.3. The topological polar surface area (TPSA) is 26.0 Å². The molecule has 15 heavy (non-hydrogen) atoms.